The van der Waals surface area contributed by atoms with Crippen molar-refractivity contribution in [1.82, 2.24) is 9.97 Å². The van der Waals surface area contributed by atoms with Gasteiger partial charge in [-0.2, -0.15) is 0 Å². The molecule has 1 saturated carbocycles. The van der Waals surface area contributed by atoms with Crippen molar-refractivity contribution >= 4 is 34.5 Å². The van der Waals surface area contributed by atoms with E-state index < -0.39 is 0 Å². The van der Waals surface area contributed by atoms with Crippen LogP contribution in [0, 0.1) is 5.92 Å². The summed E-state index contributed by atoms with van der Waals surface area (Å²) in [6.45, 7) is 3.73. The molecular formula is C17H18N4O. The number of pyridine rings is 1. The second kappa shape index (κ2) is 5.97. The van der Waals surface area contributed by atoms with Crippen LogP contribution in [0.15, 0.2) is 42.1 Å². The molecule has 2 N–H and O–H groups in total. The summed E-state index contributed by atoms with van der Waals surface area (Å²) in [5, 5.41) is 3.84. The number of H-pyrrole nitrogens is 1. The quantitative estimate of drug-likeness (QED) is 0.657. The van der Waals surface area contributed by atoms with Crippen LogP contribution in [0.25, 0.3) is 16.6 Å². The maximum absolute atomic E-state index is 11.8. The number of hydrogen-bond donors (Lipinski definition) is 2. The lowest BCUT2D eigenvalue weighted by Gasteiger charge is -2.04. The number of nitrogens with zero attached hydrogens (tertiary/aromatic N) is 2. The van der Waals surface area contributed by atoms with Crippen molar-refractivity contribution in [2.24, 2.45) is 10.9 Å². The fourth-order valence-electron chi connectivity index (χ4n) is 2.36. The second-order valence-corrected chi connectivity index (χ2v) is 5.30. The first-order valence-corrected chi connectivity index (χ1v) is 7.27. The van der Waals surface area contributed by atoms with Crippen LogP contribution in [0.1, 0.15) is 18.4 Å². The lowest BCUT2D eigenvalue weighted by molar-refractivity contribution is -0.117. The number of hydrogen-bond acceptors (Lipinski definition) is 3. The van der Waals surface area contributed by atoms with Gasteiger partial charge in [0.25, 0.3) is 0 Å². The van der Waals surface area contributed by atoms with E-state index in [1.807, 2.05) is 24.4 Å². The molecule has 0 bridgehead atoms. The van der Waals surface area contributed by atoms with E-state index in [9.17, 15) is 4.79 Å². The van der Waals surface area contributed by atoms with Crippen molar-refractivity contribution in [1.29, 1.82) is 0 Å². The summed E-state index contributed by atoms with van der Waals surface area (Å²) in [5.74, 6) is 0.805. The largest absolute Gasteiger partial charge is 0.345 e. The molecule has 5 nitrogen and oxygen atoms in total. The number of fused-ring (bicyclic) bond motifs is 1. The molecular weight excluding hydrogens is 276 g/mol. The summed E-state index contributed by atoms with van der Waals surface area (Å²) in [6, 6.07) is 3.78. The minimum Gasteiger partial charge on any atom is -0.345 e. The third kappa shape index (κ3) is 2.83. The zero-order valence-electron chi connectivity index (χ0n) is 12.5. The number of aromatic nitrogens is 2. The highest BCUT2D eigenvalue weighted by atomic mass is 16.2. The Hall–Kier alpha value is -2.69. The lowest BCUT2D eigenvalue weighted by atomic mass is 10.1. The van der Waals surface area contributed by atoms with Crippen molar-refractivity contribution in [2.75, 3.05) is 12.4 Å². The highest BCUT2D eigenvalue weighted by Gasteiger charge is 2.29. The van der Waals surface area contributed by atoms with E-state index in [0.29, 0.717) is 5.82 Å². The van der Waals surface area contributed by atoms with E-state index in [1.165, 1.54) is 0 Å². The molecule has 2 aromatic heterocycles. The van der Waals surface area contributed by atoms with Crippen LogP contribution in [0.2, 0.25) is 0 Å². The number of allylic oxidation sites excluding steroid dienone is 3. The smallest absolute Gasteiger partial charge is 0.228 e. The first-order valence-electron chi connectivity index (χ1n) is 7.27. The van der Waals surface area contributed by atoms with Gasteiger partial charge in [0.1, 0.15) is 11.5 Å². The number of carbonyl (C=O) groups excluding carboxylic acids is 1. The number of aliphatic imine (C=N–C) groups is 1. The first-order chi connectivity index (χ1) is 10.7. The van der Waals surface area contributed by atoms with Crippen molar-refractivity contribution in [3.05, 3.63) is 42.6 Å². The third-order valence-electron chi connectivity index (χ3n) is 3.61. The summed E-state index contributed by atoms with van der Waals surface area (Å²) in [6.07, 6.45) is 9.26. The number of carbonyl (C=O) groups is 1. The maximum atomic E-state index is 11.8. The average Bonchev–Trinajstić information content (AvgIpc) is 3.28. The molecule has 0 atom stereocenters. The van der Waals surface area contributed by atoms with Gasteiger partial charge in [0, 0.05) is 41.9 Å². The Morgan fingerprint density at radius 1 is 1.50 bits per heavy atom. The molecule has 1 fully saturated rings. The van der Waals surface area contributed by atoms with Crippen LogP contribution < -0.4 is 5.32 Å². The number of anilines is 1. The average molecular weight is 294 g/mol. The summed E-state index contributed by atoms with van der Waals surface area (Å²) in [4.78, 5) is 23.5. The van der Waals surface area contributed by atoms with Gasteiger partial charge in [-0.3, -0.25) is 9.79 Å². The van der Waals surface area contributed by atoms with Crippen LogP contribution in [-0.2, 0) is 4.79 Å². The zero-order valence-corrected chi connectivity index (χ0v) is 12.5. The molecule has 0 spiro atoms. The third-order valence-corrected chi connectivity index (χ3v) is 3.61. The number of rotatable bonds is 5. The summed E-state index contributed by atoms with van der Waals surface area (Å²) in [5.41, 5.74) is 2.71. The normalized spacial score (nSPS) is 15.4. The fourth-order valence-corrected chi connectivity index (χ4v) is 2.36. The van der Waals surface area contributed by atoms with Gasteiger partial charge < -0.3 is 10.3 Å². The van der Waals surface area contributed by atoms with E-state index in [1.54, 1.807) is 19.3 Å². The van der Waals surface area contributed by atoms with Crippen LogP contribution in [0.5, 0.6) is 0 Å². The van der Waals surface area contributed by atoms with Crippen molar-refractivity contribution in [3.8, 4) is 0 Å². The predicted molar refractivity (Wildman–Crippen MR) is 90.0 cm³/mol. The van der Waals surface area contributed by atoms with Gasteiger partial charge in [-0.05, 0) is 25.0 Å². The van der Waals surface area contributed by atoms with E-state index in [2.05, 4.69) is 26.9 Å². The molecule has 2 heterocycles. The Balaban J connectivity index is 1.93. The lowest BCUT2D eigenvalue weighted by Crippen LogP contribution is -2.14. The van der Waals surface area contributed by atoms with E-state index in [-0.39, 0.29) is 11.8 Å². The Labute approximate surface area is 128 Å². The Kier molecular flexibility index (Phi) is 3.87. The highest BCUT2D eigenvalue weighted by molar-refractivity contribution is 6.14. The maximum Gasteiger partial charge on any atom is 0.228 e. The number of aromatic amines is 1. The first kappa shape index (κ1) is 14.3. The Morgan fingerprint density at radius 2 is 2.32 bits per heavy atom. The molecule has 0 saturated heterocycles. The molecule has 1 aliphatic rings. The van der Waals surface area contributed by atoms with Gasteiger partial charge in [0.15, 0.2) is 0 Å². The predicted octanol–water partition coefficient (Wildman–Crippen LogP) is 3.18. The van der Waals surface area contributed by atoms with Gasteiger partial charge in [-0.25, -0.2) is 4.98 Å². The summed E-state index contributed by atoms with van der Waals surface area (Å²) >= 11 is 0. The monoisotopic (exact) mass is 294 g/mol. The molecule has 5 heteroatoms. The number of nitrogens with one attached hydrogen (secondary N) is 2. The fraction of sp³-hybridized carbons (Fsp3) is 0.235. The van der Waals surface area contributed by atoms with Gasteiger partial charge in [0.05, 0.1) is 0 Å². The van der Waals surface area contributed by atoms with Gasteiger partial charge >= 0.3 is 0 Å². The SMILES string of the molecule is C=C/C=C(\C=NC)c1c[nH]c2nc(NC(=O)C3CC3)ccc12. The van der Waals surface area contributed by atoms with Crippen molar-refractivity contribution in [2.45, 2.75) is 12.8 Å². The molecule has 1 aliphatic carbocycles. The van der Waals surface area contributed by atoms with Gasteiger partial charge in [-0.1, -0.05) is 18.7 Å². The Morgan fingerprint density at radius 3 is 3.00 bits per heavy atom. The molecule has 0 aromatic carbocycles. The molecule has 0 unspecified atom stereocenters. The molecule has 0 aliphatic heterocycles. The zero-order chi connectivity index (χ0) is 15.5. The molecule has 0 radical (unpaired) electrons. The minimum atomic E-state index is 0.0592. The van der Waals surface area contributed by atoms with Crippen LogP contribution >= 0.6 is 0 Å². The standard InChI is InChI=1S/C17H18N4O/c1-3-4-12(9-18-2)14-10-19-16-13(14)7-8-15(20-16)21-17(22)11-5-6-11/h3-4,7-11H,1,5-6H2,2H3,(H2,19,20,21,22)/b12-4+,18-9?. The van der Waals surface area contributed by atoms with E-state index in [4.69, 9.17) is 0 Å². The van der Waals surface area contributed by atoms with Gasteiger partial charge in [-0.15, -0.1) is 0 Å². The topological polar surface area (TPSA) is 70.1 Å². The van der Waals surface area contributed by atoms with Crippen LogP contribution in [0.4, 0.5) is 5.82 Å². The molecule has 2 aromatic rings. The molecule has 22 heavy (non-hydrogen) atoms. The highest BCUT2D eigenvalue weighted by Crippen LogP contribution is 2.30. The molecule has 1 amide bonds. The van der Waals surface area contributed by atoms with Crippen molar-refractivity contribution < 1.29 is 4.79 Å². The van der Waals surface area contributed by atoms with Crippen LogP contribution in [0.3, 0.4) is 0 Å². The second-order valence-electron chi connectivity index (χ2n) is 5.30. The summed E-state index contributed by atoms with van der Waals surface area (Å²) in [7, 11) is 1.73. The summed E-state index contributed by atoms with van der Waals surface area (Å²) < 4.78 is 0. The number of amides is 1. The van der Waals surface area contributed by atoms with Gasteiger partial charge in [0.2, 0.25) is 5.91 Å². The van der Waals surface area contributed by atoms with Crippen molar-refractivity contribution in [3.63, 3.8) is 0 Å². The molecule has 3 rings (SSSR count). The Bertz CT molecular complexity index is 781. The van der Waals surface area contributed by atoms with E-state index >= 15 is 0 Å². The van der Waals surface area contributed by atoms with Crippen LogP contribution in [-0.4, -0.2) is 29.1 Å². The molecule has 112 valence electrons. The van der Waals surface area contributed by atoms with E-state index in [0.717, 1.165) is 35.0 Å². The minimum absolute atomic E-state index is 0.0592.